The lowest BCUT2D eigenvalue weighted by molar-refractivity contribution is 0.0954. The van der Waals surface area contributed by atoms with Crippen LogP contribution < -0.4 is 15.5 Å². The van der Waals surface area contributed by atoms with E-state index < -0.39 is 0 Å². The van der Waals surface area contributed by atoms with Crippen molar-refractivity contribution in [2.24, 2.45) is 0 Å². The Morgan fingerprint density at radius 2 is 1.96 bits per heavy atom. The fourth-order valence-electron chi connectivity index (χ4n) is 2.13. The van der Waals surface area contributed by atoms with Crippen LogP contribution in [0.4, 0.5) is 11.5 Å². The van der Waals surface area contributed by atoms with Crippen LogP contribution in [-0.2, 0) is 0 Å². The first-order valence-electron chi connectivity index (χ1n) is 7.57. The summed E-state index contributed by atoms with van der Waals surface area (Å²) in [7, 11) is 3.90. The summed E-state index contributed by atoms with van der Waals surface area (Å²) in [5, 5.41) is 14.0. The van der Waals surface area contributed by atoms with Gasteiger partial charge in [0.15, 0.2) is 5.82 Å². The Kier molecular flexibility index (Phi) is 5.51. The first-order valence-corrected chi connectivity index (χ1v) is 7.57. The lowest BCUT2D eigenvalue weighted by Crippen LogP contribution is -2.29. The van der Waals surface area contributed by atoms with Crippen LogP contribution >= 0.6 is 0 Å². The van der Waals surface area contributed by atoms with Crippen LogP contribution in [0.15, 0.2) is 30.5 Å². The zero-order valence-electron chi connectivity index (χ0n) is 14.1. The topological polar surface area (TPSA) is 70.2 Å². The number of carbonyl (C=O) groups excluding carboxylic acids is 1. The van der Waals surface area contributed by atoms with E-state index in [0.29, 0.717) is 18.9 Å². The fourth-order valence-corrected chi connectivity index (χ4v) is 2.13. The molecule has 0 fully saturated rings. The maximum absolute atomic E-state index is 12.2. The summed E-state index contributed by atoms with van der Waals surface area (Å²) in [6.45, 7) is 5.02. The first-order chi connectivity index (χ1) is 11.0. The molecule has 0 aliphatic rings. The summed E-state index contributed by atoms with van der Waals surface area (Å²) in [5.74, 6) is 0.637. The minimum atomic E-state index is -0.0545. The number of amides is 1. The maximum atomic E-state index is 12.2. The molecule has 0 unspecified atom stereocenters. The predicted octanol–water partition coefficient (Wildman–Crippen LogP) is 2.00. The number of anilines is 2. The molecule has 0 spiro atoms. The molecule has 1 aromatic heterocycles. The van der Waals surface area contributed by atoms with Gasteiger partial charge in [-0.05, 0) is 25.5 Å². The van der Waals surface area contributed by atoms with E-state index in [1.54, 1.807) is 6.20 Å². The second kappa shape index (κ2) is 7.58. The summed E-state index contributed by atoms with van der Waals surface area (Å²) in [6, 6.07) is 7.79. The van der Waals surface area contributed by atoms with Gasteiger partial charge in [0.05, 0.1) is 11.9 Å². The molecule has 0 radical (unpaired) electrons. The number of aryl methyl sites for hydroxylation is 2. The molecule has 122 valence electrons. The van der Waals surface area contributed by atoms with Gasteiger partial charge in [-0.3, -0.25) is 4.79 Å². The van der Waals surface area contributed by atoms with Crippen molar-refractivity contribution >= 4 is 17.4 Å². The third-order valence-corrected chi connectivity index (χ3v) is 3.51. The van der Waals surface area contributed by atoms with E-state index in [2.05, 4.69) is 20.8 Å². The highest BCUT2D eigenvalue weighted by molar-refractivity contribution is 5.95. The summed E-state index contributed by atoms with van der Waals surface area (Å²) in [6.07, 6.45) is 1.70. The van der Waals surface area contributed by atoms with Crippen LogP contribution in [0, 0.1) is 13.8 Å². The van der Waals surface area contributed by atoms with Crippen molar-refractivity contribution in [3.05, 3.63) is 47.2 Å². The molecule has 2 N–H and O–H groups in total. The lowest BCUT2D eigenvalue weighted by atomic mass is 10.1. The number of rotatable bonds is 6. The molecule has 0 aliphatic carbocycles. The van der Waals surface area contributed by atoms with E-state index >= 15 is 0 Å². The number of benzene rings is 1. The molecule has 0 saturated carbocycles. The van der Waals surface area contributed by atoms with E-state index in [1.165, 1.54) is 0 Å². The normalized spacial score (nSPS) is 10.3. The molecule has 0 bridgehead atoms. The zero-order chi connectivity index (χ0) is 16.8. The predicted molar refractivity (Wildman–Crippen MR) is 93.1 cm³/mol. The van der Waals surface area contributed by atoms with Crippen molar-refractivity contribution in [2.75, 3.05) is 37.4 Å². The van der Waals surface area contributed by atoms with Gasteiger partial charge in [-0.25, -0.2) is 0 Å². The fraction of sp³-hybridized carbons (Fsp3) is 0.353. The van der Waals surface area contributed by atoms with E-state index in [-0.39, 0.29) is 5.91 Å². The van der Waals surface area contributed by atoms with Gasteiger partial charge in [-0.15, -0.1) is 5.10 Å². The van der Waals surface area contributed by atoms with Crippen molar-refractivity contribution in [1.29, 1.82) is 0 Å². The highest BCUT2D eigenvalue weighted by atomic mass is 16.1. The Labute approximate surface area is 136 Å². The van der Waals surface area contributed by atoms with Gasteiger partial charge in [-0.1, -0.05) is 17.7 Å². The van der Waals surface area contributed by atoms with E-state index in [1.807, 2.05) is 57.1 Å². The van der Waals surface area contributed by atoms with Gasteiger partial charge >= 0.3 is 0 Å². The number of aromatic nitrogens is 2. The molecule has 2 aromatic rings. The van der Waals surface area contributed by atoms with Crippen molar-refractivity contribution in [3.8, 4) is 0 Å². The monoisotopic (exact) mass is 313 g/mol. The van der Waals surface area contributed by atoms with Crippen LogP contribution in [0.2, 0.25) is 0 Å². The number of hydrogen-bond donors (Lipinski definition) is 2. The SMILES string of the molecule is Cc1ccc(C)c(C(=O)NCCNc2cc(N(C)C)cnn2)c1. The van der Waals surface area contributed by atoms with Crippen LogP contribution in [0.5, 0.6) is 0 Å². The average molecular weight is 313 g/mol. The molecule has 0 aliphatic heterocycles. The van der Waals surface area contributed by atoms with E-state index in [4.69, 9.17) is 0 Å². The van der Waals surface area contributed by atoms with Crippen molar-refractivity contribution in [1.82, 2.24) is 15.5 Å². The number of hydrogen-bond acceptors (Lipinski definition) is 5. The van der Waals surface area contributed by atoms with Gasteiger partial charge in [-0.2, -0.15) is 5.10 Å². The summed E-state index contributed by atoms with van der Waals surface area (Å²) < 4.78 is 0. The van der Waals surface area contributed by atoms with Gasteiger partial charge < -0.3 is 15.5 Å². The van der Waals surface area contributed by atoms with Crippen LogP contribution in [0.3, 0.4) is 0 Å². The van der Waals surface area contributed by atoms with Gasteiger partial charge in [0, 0.05) is 38.8 Å². The minimum absolute atomic E-state index is 0.0545. The third-order valence-electron chi connectivity index (χ3n) is 3.51. The zero-order valence-corrected chi connectivity index (χ0v) is 14.1. The largest absolute Gasteiger partial charge is 0.376 e. The Bertz CT molecular complexity index is 684. The molecule has 6 heteroatoms. The summed E-state index contributed by atoms with van der Waals surface area (Å²) >= 11 is 0. The van der Waals surface area contributed by atoms with Crippen LogP contribution in [0.25, 0.3) is 0 Å². The van der Waals surface area contributed by atoms with Crippen LogP contribution in [0.1, 0.15) is 21.5 Å². The lowest BCUT2D eigenvalue weighted by Gasteiger charge is -2.13. The molecular weight excluding hydrogens is 290 g/mol. The van der Waals surface area contributed by atoms with Gasteiger partial charge in [0.25, 0.3) is 5.91 Å². The smallest absolute Gasteiger partial charge is 0.251 e. The minimum Gasteiger partial charge on any atom is -0.376 e. The molecule has 23 heavy (non-hydrogen) atoms. The van der Waals surface area contributed by atoms with Gasteiger partial charge in [0.1, 0.15) is 0 Å². The van der Waals surface area contributed by atoms with E-state index in [0.717, 1.165) is 22.4 Å². The molecule has 1 aromatic carbocycles. The Hall–Kier alpha value is -2.63. The molecule has 0 atom stereocenters. The molecule has 1 heterocycles. The maximum Gasteiger partial charge on any atom is 0.251 e. The highest BCUT2D eigenvalue weighted by Crippen LogP contribution is 2.12. The molecular formula is C17H23N5O. The van der Waals surface area contributed by atoms with Crippen molar-refractivity contribution in [2.45, 2.75) is 13.8 Å². The first kappa shape index (κ1) is 16.7. The van der Waals surface area contributed by atoms with Gasteiger partial charge in [0.2, 0.25) is 0 Å². The number of nitrogens with one attached hydrogen (secondary N) is 2. The van der Waals surface area contributed by atoms with E-state index in [9.17, 15) is 4.79 Å². The molecule has 6 nitrogen and oxygen atoms in total. The molecule has 1 amide bonds. The third kappa shape index (κ3) is 4.67. The second-order valence-electron chi connectivity index (χ2n) is 5.69. The highest BCUT2D eigenvalue weighted by Gasteiger charge is 2.08. The molecule has 0 saturated heterocycles. The number of nitrogens with zero attached hydrogens (tertiary/aromatic N) is 3. The number of carbonyl (C=O) groups is 1. The van der Waals surface area contributed by atoms with Crippen molar-refractivity contribution < 1.29 is 4.79 Å². The average Bonchev–Trinajstić information content (AvgIpc) is 2.54. The van der Waals surface area contributed by atoms with Crippen LogP contribution in [-0.4, -0.2) is 43.3 Å². The molecule has 2 rings (SSSR count). The summed E-state index contributed by atoms with van der Waals surface area (Å²) in [4.78, 5) is 14.2. The Morgan fingerprint density at radius 3 is 2.70 bits per heavy atom. The Morgan fingerprint density at radius 1 is 1.17 bits per heavy atom. The second-order valence-corrected chi connectivity index (χ2v) is 5.69. The Balaban J connectivity index is 1.84. The summed E-state index contributed by atoms with van der Waals surface area (Å²) in [5.41, 5.74) is 3.75. The van der Waals surface area contributed by atoms with Crippen molar-refractivity contribution in [3.63, 3.8) is 0 Å². The quantitative estimate of drug-likeness (QED) is 0.798. The standard InChI is InChI=1S/C17H23N5O/c1-12-5-6-13(2)15(9-12)17(23)19-8-7-18-16-10-14(22(3)4)11-20-21-16/h5-6,9-11H,7-8H2,1-4H3,(H,18,21)(H,19,23).